The summed E-state index contributed by atoms with van der Waals surface area (Å²) in [6.45, 7) is 6.90. The van der Waals surface area contributed by atoms with Gasteiger partial charge in [-0.3, -0.25) is 0 Å². The Morgan fingerprint density at radius 3 is 1.12 bits per heavy atom. The summed E-state index contributed by atoms with van der Waals surface area (Å²) in [5.41, 5.74) is 3.98. The predicted molar refractivity (Wildman–Crippen MR) is 179 cm³/mol. The maximum Gasteiger partial charge on any atom is 0.0991 e. The normalized spacial score (nSPS) is 10.7. The fourth-order valence-electron chi connectivity index (χ4n) is 5.48. The van der Waals surface area contributed by atoms with Gasteiger partial charge in [0.25, 0.3) is 0 Å². The standard InChI is InChI=1S/C39H58N2/c1-3-5-7-9-11-13-15-17-19-21-33-41(34-22-20-18-16-14-12-10-8-6-4-2)39-31-29-37(30-32-39)24-23-36-25-27-38(35-40)28-26-36/h25-32H,3-22,33-34H2,1-2H3. The SMILES string of the molecule is CCCCCCCCCCCCN(CCCCCCCCCCCC)c1ccc(C#Cc2ccc(C#N)cc2)cc1. The fourth-order valence-corrected chi connectivity index (χ4v) is 5.48. The Morgan fingerprint density at radius 1 is 0.439 bits per heavy atom. The van der Waals surface area contributed by atoms with Crippen molar-refractivity contribution in [3.05, 3.63) is 65.2 Å². The van der Waals surface area contributed by atoms with Gasteiger partial charge in [0, 0.05) is 29.9 Å². The molecular formula is C39H58N2. The van der Waals surface area contributed by atoms with E-state index in [1.54, 1.807) is 0 Å². The highest BCUT2D eigenvalue weighted by molar-refractivity contribution is 5.52. The summed E-state index contributed by atoms with van der Waals surface area (Å²) in [6, 6.07) is 18.5. The number of rotatable bonds is 23. The molecule has 41 heavy (non-hydrogen) atoms. The Balaban J connectivity index is 1.79. The van der Waals surface area contributed by atoms with Crippen molar-refractivity contribution < 1.29 is 0 Å². The summed E-state index contributed by atoms with van der Waals surface area (Å²) in [6.07, 6.45) is 27.7. The summed E-state index contributed by atoms with van der Waals surface area (Å²) in [5, 5.41) is 8.99. The quantitative estimate of drug-likeness (QED) is 0.101. The van der Waals surface area contributed by atoms with Gasteiger partial charge in [-0.2, -0.15) is 5.26 Å². The van der Waals surface area contributed by atoms with Crippen LogP contribution in [0.1, 0.15) is 159 Å². The van der Waals surface area contributed by atoms with E-state index < -0.39 is 0 Å². The maximum atomic E-state index is 8.99. The van der Waals surface area contributed by atoms with Crippen LogP contribution in [0.3, 0.4) is 0 Å². The molecule has 0 unspecified atom stereocenters. The molecule has 0 bridgehead atoms. The molecule has 0 aliphatic heterocycles. The molecule has 0 saturated heterocycles. The molecule has 0 heterocycles. The average molecular weight is 555 g/mol. The van der Waals surface area contributed by atoms with E-state index in [0.29, 0.717) is 5.56 Å². The van der Waals surface area contributed by atoms with Crippen molar-refractivity contribution in [1.82, 2.24) is 0 Å². The fraction of sp³-hybridized carbons (Fsp3) is 0.615. The second-order valence-corrected chi connectivity index (χ2v) is 11.8. The lowest BCUT2D eigenvalue weighted by Crippen LogP contribution is -2.25. The molecule has 0 spiro atoms. The van der Waals surface area contributed by atoms with Crippen LogP contribution in [0.5, 0.6) is 0 Å². The molecule has 2 aromatic rings. The zero-order valence-electron chi connectivity index (χ0n) is 26.6. The van der Waals surface area contributed by atoms with Crippen molar-refractivity contribution in [1.29, 1.82) is 5.26 Å². The summed E-state index contributed by atoms with van der Waals surface area (Å²) in [4.78, 5) is 2.62. The molecule has 224 valence electrons. The number of nitrogens with zero attached hydrogens (tertiary/aromatic N) is 2. The molecule has 0 radical (unpaired) electrons. The van der Waals surface area contributed by atoms with Crippen molar-refractivity contribution in [2.75, 3.05) is 18.0 Å². The molecule has 0 fully saturated rings. The van der Waals surface area contributed by atoms with Crippen LogP contribution in [-0.4, -0.2) is 13.1 Å². The van der Waals surface area contributed by atoms with Gasteiger partial charge in [0.1, 0.15) is 0 Å². The lowest BCUT2D eigenvalue weighted by molar-refractivity contribution is 0.543. The van der Waals surface area contributed by atoms with E-state index in [-0.39, 0.29) is 0 Å². The maximum absolute atomic E-state index is 8.99. The summed E-state index contributed by atoms with van der Waals surface area (Å²) in [5.74, 6) is 6.52. The van der Waals surface area contributed by atoms with E-state index in [9.17, 15) is 0 Å². The molecule has 0 aliphatic rings. The van der Waals surface area contributed by atoms with Crippen LogP contribution in [0.15, 0.2) is 48.5 Å². The molecule has 0 aliphatic carbocycles. The third-order valence-corrected chi connectivity index (χ3v) is 8.16. The number of unbranched alkanes of at least 4 members (excludes halogenated alkanes) is 18. The van der Waals surface area contributed by atoms with Crippen molar-refractivity contribution in [2.45, 2.75) is 142 Å². The molecule has 0 atom stereocenters. The highest BCUT2D eigenvalue weighted by Gasteiger charge is 2.07. The van der Waals surface area contributed by atoms with Gasteiger partial charge in [0.05, 0.1) is 11.6 Å². The lowest BCUT2D eigenvalue weighted by Gasteiger charge is -2.25. The molecule has 0 N–H and O–H groups in total. The molecular weight excluding hydrogens is 496 g/mol. The van der Waals surface area contributed by atoms with E-state index in [1.807, 2.05) is 24.3 Å². The molecule has 2 aromatic carbocycles. The zero-order chi connectivity index (χ0) is 29.2. The molecule has 0 saturated carbocycles. The van der Waals surface area contributed by atoms with Crippen LogP contribution in [-0.2, 0) is 0 Å². The molecule has 2 heteroatoms. The van der Waals surface area contributed by atoms with Gasteiger partial charge in [-0.15, -0.1) is 0 Å². The van der Waals surface area contributed by atoms with Gasteiger partial charge in [0.15, 0.2) is 0 Å². The molecule has 0 amide bonds. The lowest BCUT2D eigenvalue weighted by atomic mass is 10.1. The summed E-state index contributed by atoms with van der Waals surface area (Å²) < 4.78 is 0. The van der Waals surface area contributed by atoms with E-state index in [2.05, 4.69) is 60.9 Å². The number of benzene rings is 2. The van der Waals surface area contributed by atoms with Crippen LogP contribution in [0, 0.1) is 23.2 Å². The first-order chi connectivity index (χ1) is 20.3. The van der Waals surface area contributed by atoms with E-state index >= 15 is 0 Å². The van der Waals surface area contributed by atoms with Crippen LogP contribution >= 0.6 is 0 Å². The van der Waals surface area contributed by atoms with Crippen molar-refractivity contribution in [3.8, 4) is 17.9 Å². The minimum absolute atomic E-state index is 0.671. The van der Waals surface area contributed by atoms with Gasteiger partial charge >= 0.3 is 0 Å². The number of hydrogen-bond donors (Lipinski definition) is 0. The van der Waals surface area contributed by atoms with Gasteiger partial charge in [0.2, 0.25) is 0 Å². The van der Waals surface area contributed by atoms with Crippen LogP contribution in [0.4, 0.5) is 5.69 Å². The summed E-state index contributed by atoms with van der Waals surface area (Å²) >= 11 is 0. The van der Waals surface area contributed by atoms with Crippen molar-refractivity contribution in [2.24, 2.45) is 0 Å². The van der Waals surface area contributed by atoms with Gasteiger partial charge in [-0.1, -0.05) is 141 Å². The van der Waals surface area contributed by atoms with Crippen molar-refractivity contribution in [3.63, 3.8) is 0 Å². The van der Waals surface area contributed by atoms with E-state index in [1.165, 1.54) is 134 Å². The zero-order valence-corrected chi connectivity index (χ0v) is 26.6. The van der Waals surface area contributed by atoms with Gasteiger partial charge in [-0.05, 0) is 61.4 Å². The predicted octanol–water partition coefficient (Wildman–Crippen LogP) is 11.6. The minimum Gasteiger partial charge on any atom is -0.372 e. The molecule has 0 aromatic heterocycles. The van der Waals surface area contributed by atoms with E-state index in [0.717, 1.165) is 24.2 Å². The third-order valence-electron chi connectivity index (χ3n) is 8.16. The Kier molecular flexibility index (Phi) is 20.1. The second-order valence-electron chi connectivity index (χ2n) is 11.8. The van der Waals surface area contributed by atoms with Gasteiger partial charge in [-0.25, -0.2) is 0 Å². The first-order valence-corrected chi connectivity index (χ1v) is 17.1. The highest BCUT2D eigenvalue weighted by atomic mass is 15.1. The number of hydrogen-bond acceptors (Lipinski definition) is 2. The van der Waals surface area contributed by atoms with Crippen LogP contribution < -0.4 is 4.90 Å². The average Bonchev–Trinajstić information content (AvgIpc) is 3.01. The first kappa shape index (κ1) is 34.5. The largest absolute Gasteiger partial charge is 0.372 e. The second kappa shape index (κ2) is 23.9. The van der Waals surface area contributed by atoms with Crippen LogP contribution in [0.2, 0.25) is 0 Å². The monoisotopic (exact) mass is 554 g/mol. The molecule has 2 nitrogen and oxygen atoms in total. The number of anilines is 1. The Bertz CT molecular complexity index is 963. The van der Waals surface area contributed by atoms with Crippen molar-refractivity contribution >= 4 is 5.69 Å². The smallest absolute Gasteiger partial charge is 0.0991 e. The summed E-state index contributed by atoms with van der Waals surface area (Å²) in [7, 11) is 0. The Morgan fingerprint density at radius 2 is 0.756 bits per heavy atom. The topological polar surface area (TPSA) is 27.0 Å². The number of nitriles is 1. The third kappa shape index (κ3) is 17.0. The first-order valence-electron chi connectivity index (χ1n) is 17.1. The van der Waals surface area contributed by atoms with Gasteiger partial charge < -0.3 is 4.90 Å². The van der Waals surface area contributed by atoms with Crippen LogP contribution in [0.25, 0.3) is 0 Å². The highest BCUT2D eigenvalue weighted by Crippen LogP contribution is 2.19. The van der Waals surface area contributed by atoms with E-state index in [4.69, 9.17) is 5.26 Å². The Labute approximate surface area is 253 Å². The minimum atomic E-state index is 0.671. The molecule has 2 rings (SSSR count). The Hall–Kier alpha value is -2.71.